The zero-order valence-electron chi connectivity index (χ0n) is 17.7. The topological polar surface area (TPSA) is 81.4 Å². The summed E-state index contributed by atoms with van der Waals surface area (Å²) < 4.78 is 5.81. The second-order valence-corrected chi connectivity index (χ2v) is 7.70. The molecule has 31 heavy (non-hydrogen) atoms. The normalized spacial score (nSPS) is 13.4. The number of aromatic nitrogens is 2. The summed E-state index contributed by atoms with van der Waals surface area (Å²) in [4.78, 5) is 22.3. The molecule has 1 aliphatic rings. The smallest absolute Gasteiger partial charge is 0.372 e. The third-order valence-electron chi connectivity index (χ3n) is 5.54. The molecule has 0 fully saturated rings. The molecule has 0 saturated carbocycles. The van der Waals surface area contributed by atoms with Gasteiger partial charge in [-0.15, -0.1) is 0 Å². The van der Waals surface area contributed by atoms with Crippen LogP contribution < -0.4 is 9.64 Å². The van der Waals surface area contributed by atoms with E-state index in [1.165, 1.54) is 16.7 Å². The summed E-state index contributed by atoms with van der Waals surface area (Å²) in [6.45, 7) is 3.44. The quantitative estimate of drug-likeness (QED) is 0.323. The van der Waals surface area contributed by atoms with E-state index in [0.29, 0.717) is 31.3 Å². The number of hydrogen-bond donors (Lipinski definition) is 0. The number of benzene rings is 2. The van der Waals surface area contributed by atoms with Gasteiger partial charge >= 0.3 is 5.69 Å². The summed E-state index contributed by atoms with van der Waals surface area (Å²) in [5.74, 6) is 0.881. The molecule has 1 aromatic heterocycles. The molecular weight excluding hydrogens is 392 g/mol. The van der Waals surface area contributed by atoms with Crippen LogP contribution >= 0.6 is 0 Å². The van der Waals surface area contributed by atoms with Crippen LogP contribution in [0.5, 0.6) is 5.88 Å². The first-order chi connectivity index (χ1) is 15.1. The highest BCUT2D eigenvalue weighted by Gasteiger charge is 2.30. The van der Waals surface area contributed by atoms with Gasteiger partial charge in [0.15, 0.2) is 0 Å². The van der Waals surface area contributed by atoms with E-state index in [-0.39, 0.29) is 11.6 Å². The van der Waals surface area contributed by atoms with Crippen LogP contribution in [0.4, 0.5) is 11.5 Å². The van der Waals surface area contributed by atoms with Crippen molar-refractivity contribution in [2.45, 2.75) is 32.6 Å². The van der Waals surface area contributed by atoms with E-state index in [1.54, 1.807) is 6.92 Å². The Hall–Kier alpha value is -3.48. The van der Waals surface area contributed by atoms with Crippen molar-refractivity contribution >= 4 is 11.5 Å². The van der Waals surface area contributed by atoms with Crippen molar-refractivity contribution < 1.29 is 9.66 Å². The number of ether oxygens (including phenoxy) is 1. The molecule has 1 aliphatic heterocycles. The van der Waals surface area contributed by atoms with E-state index in [4.69, 9.17) is 4.74 Å². The molecule has 0 amide bonds. The second-order valence-electron chi connectivity index (χ2n) is 7.70. The number of rotatable bonds is 7. The fourth-order valence-electron chi connectivity index (χ4n) is 3.98. The Balaban J connectivity index is 1.51. The van der Waals surface area contributed by atoms with Crippen molar-refractivity contribution in [3.05, 3.63) is 87.2 Å². The number of anilines is 1. The van der Waals surface area contributed by atoms with Crippen molar-refractivity contribution in [1.29, 1.82) is 0 Å². The second kappa shape index (κ2) is 9.55. The molecule has 0 N–H and O–H groups in total. The average molecular weight is 418 g/mol. The maximum Gasteiger partial charge on any atom is 0.372 e. The summed E-state index contributed by atoms with van der Waals surface area (Å²) in [7, 11) is 0. The standard InChI is InChI=1S/C24H26N4O3/c1-18-25-23(27-15-13-20-11-5-6-12-21(20)14-16-27)22(28(29)30)24(26-18)31-17-7-10-19-8-3-2-4-9-19/h2-6,8-9,11-12H,7,10,13-17H2,1H3. The minimum absolute atomic E-state index is 0.0577. The van der Waals surface area contributed by atoms with Gasteiger partial charge in [0, 0.05) is 13.1 Å². The summed E-state index contributed by atoms with van der Waals surface area (Å²) in [6, 6.07) is 18.4. The Bertz CT molecular complexity index is 1030. The zero-order chi connectivity index (χ0) is 21.6. The highest BCUT2D eigenvalue weighted by molar-refractivity contribution is 5.63. The molecule has 4 rings (SSSR count). The Kier molecular flexibility index (Phi) is 6.40. The summed E-state index contributed by atoms with van der Waals surface area (Å²) in [6.07, 6.45) is 3.24. The molecule has 0 saturated heterocycles. The molecule has 2 aromatic carbocycles. The van der Waals surface area contributed by atoms with Crippen LogP contribution in [-0.4, -0.2) is 34.6 Å². The van der Waals surface area contributed by atoms with Gasteiger partial charge in [-0.05, 0) is 49.3 Å². The monoisotopic (exact) mass is 418 g/mol. The summed E-state index contributed by atoms with van der Waals surface area (Å²) >= 11 is 0. The third-order valence-corrected chi connectivity index (χ3v) is 5.54. The molecule has 160 valence electrons. The van der Waals surface area contributed by atoms with Gasteiger partial charge in [0.25, 0.3) is 5.88 Å². The fourth-order valence-corrected chi connectivity index (χ4v) is 3.98. The van der Waals surface area contributed by atoms with Crippen LogP contribution in [-0.2, 0) is 19.3 Å². The zero-order valence-corrected chi connectivity index (χ0v) is 17.7. The van der Waals surface area contributed by atoms with Gasteiger partial charge in [-0.25, -0.2) is 4.98 Å². The van der Waals surface area contributed by atoms with Crippen molar-refractivity contribution in [3.63, 3.8) is 0 Å². The van der Waals surface area contributed by atoms with Gasteiger partial charge in [-0.1, -0.05) is 54.6 Å². The van der Waals surface area contributed by atoms with Gasteiger partial charge in [0.05, 0.1) is 11.5 Å². The molecule has 7 heteroatoms. The number of hydrogen-bond acceptors (Lipinski definition) is 6. The van der Waals surface area contributed by atoms with Crippen LogP contribution in [0.15, 0.2) is 54.6 Å². The maximum absolute atomic E-state index is 12.0. The first-order valence-electron chi connectivity index (χ1n) is 10.6. The summed E-state index contributed by atoms with van der Waals surface area (Å²) in [5.41, 5.74) is 3.65. The highest BCUT2D eigenvalue weighted by atomic mass is 16.6. The van der Waals surface area contributed by atoms with Crippen molar-refractivity contribution in [2.24, 2.45) is 0 Å². The fraction of sp³-hybridized carbons (Fsp3) is 0.333. The molecule has 0 radical (unpaired) electrons. The van der Waals surface area contributed by atoms with E-state index in [9.17, 15) is 10.1 Å². The minimum Gasteiger partial charge on any atom is -0.473 e. The lowest BCUT2D eigenvalue weighted by molar-refractivity contribution is -0.385. The van der Waals surface area contributed by atoms with E-state index >= 15 is 0 Å². The van der Waals surface area contributed by atoms with E-state index in [0.717, 1.165) is 25.7 Å². The van der Waals surface area contributed by atoms with Crippen LogP contribution in [0.1, 0.15) is 28.9 Å². The van der Waals surface area contributed by atoms with Crippen LogP contribution in [0.3, 0.4) is 0 Å². The number of fused-ring (bicyclic) bond motifs is 1. The van der Waals surface area contributed by atoms with Crippen molar-refractivity contribution in [3.8, 4) is 5.88 Å². The van der Waals surface area contributed by atoms with Gasteiger partial charge in [-0.3, -0.25) is 10.1 Å². The lowest BCUT2D eigenvalue weighted by Gasteiger charge is -2.22. The predicted octanol–water partition coefficient (Wildman–Crippen LogP) is 4.31. The molecule has 3 aromatic rings. The number of aryl methyl sites for hydroxylation is 2. The summed E-state index contributed by atoms with van der Waals surface area (Å²) in [5, 5.41) is 12.0. The molecule has 0 aliphatic carbocycles. The van der Waals surface area contributed by atoms with E-state index in [1.807, 2.05) is 35.2 Å². The molecule has 0 bridgehead atoms. The SMILES string of the molecule is Cc1nc(OCCCc2ccccc2)c([N+](=O)[O-])c(N2CCc3ccccc3CC2)n1. The lowest BCUT2D eigenvalue weighted by Crippen LogP contribution is -2.28. The highest BCUT2D eigenvalue weighted by Crippen LogP contribution is 2.35. The van der Waals surface area contributed by atoms with E-state index in [2.05, 4.69) is 34.2 Å². The first kappa shape index (κ1) is 20.8. The molecule has 0 unspecified atom stereocenters. The minimum atomic E-state index is -0.417. The predicted molar refractivity (Wildman–Crippen MR) is 120 cm³/mol. The first-order valence-corrected chi connectivity index (χ1v) is 10.6. The molecular formula is C24H26N4O3. The van der Waals surface area contributed by atoms with Crippen LogP contribution in [0.25, 0.3) is 0 Å². The Morgan fingerprint density at radius 3 is 2.29 bits per heavy atom. The largest absolute Gasteiger partial charge is 0.473 e. The molecule has 7 nitrogen and oxygen atoms in total. The average Bonchev–Trinajstić information content (AvgIpc) is 2.99. The Morgan fingerprint density at radius 1 is 1.00 bits per heavy atom. The molecule has 0 spiro atoms. The van der Waals surface area contributed by atoms with E-state index < -0.39 is 4.92 Å². The maximum atomic E-state index is 12.0. The van der Waals surface area contributed by atoms with Crippen LogP contribution in [0.2, 0.25) is 0 Å². The lowest BCUT2D eigenvalue weighted by atomic mass is 10.0. The molecule has 2 heterocycles. The van der Waals surface area contributed by atoms with Gasteiger partial charge in [0.1, 0.15) is 5.82 Å². The van der Waals surface area contributed by atoms with Crippen LogP contribution in [0, 0.1) is 17.0 Å². The number of nitrogens with zero attached hydrogens (tertiary/aromatic N) is 4. The number of nitro groups is 1. The van der Waals surface area contributed by atoms with Gasteiger partial charge in [-0.2, -0.15) is 4.98 Å². The van der Waals surface area contributed by atoms with Gasteiger partial charge < -0.3 is 9.64 Å². The Labute approximate surface area is 181 Å². The van der Waals surface area contributed by atoms with Crippen molar-refractivity contribution in [1.82, 2.24) is 9.97 Å². The van der Waals surface area contributed by atoms with Gasteiger partial charge in [0.2, 0.25) is 5.82 Å². The Morgan fingerprint density at radius 2 is 1.65 bits per heavy atom. The third kappa shape index (κ3) is 4.99. The van der Waals surface area contributed by atoms with Crippen molar-refractivity contribution in [2.75, 3.05) is 24.6 Å². The molecule has 0 atom stereocenters.